The summed E-state index contributed by atoms with van der Waals surface area (Å²) in [5.74, 6) is 1.64. The third-order valence-electron chi connectivity index (χ3n) is 4.98. The Morgan fingerprint density at radius 2 is 1.96 bits per heavy atom. The summed E-state index contributed by atoms with van der Waals surface area (Å²) in [6.07, 6.45) is 3.11. The molecule has 2 unspecified atom stereocenters. The first-order valence-electron chi connectivity index (χ1n) is 9.35. The fourth-order valence-electron chi connectivity index (χ4n) is 3.72. The summed E-state index contributed by atoms with van der Waals surface area (Å²) in [6, 6.07) is 8.22. The van der Waals surface area contributed by atoms with E-state index in [9.17, 15) is 4.79 Å². The van der Waals surface area contributed by atoms with E-state index in [1.165, 1.54) is 17.5 Å². The number of ether oxygens (including phenoxy) is 1. The second-order valence-corrected chi connectivity index (χ2v) is 7.75. The molecule has 138 valence electrons. The minimum absolute atomic E-state index is 0.0410. The Kier molecular flexibility index (Phi) is 5.00. The SMILES string of the molecule is CCOc1ccc(C(C2Sc3nc(CC)nn3C2=O)N2CCCC2)cc1. The molecule has 0 bridgehead atoms. The standard InChI is InChI=1S/C19H24N4O2S/c1-3-15-20-19-23(21-15)18(24)17(26-19)16(22-11-5-6-12-22)13-7-9-14(10-8-13)25-4-2/h7-10,16-17H,3-6,11-12H2,1-2H3. The quantitative estimate of drug-likeness (QED) is 0.776. The predicted octanol–water partition coefficient (Wildman–Crippen LogP) is 3.19. The monoisotopic (exact) mass is 372 g/mol. The number of fused-ring (bicyclic) bond motifs is 1. The average Bonchev–Trinajstić information content (AvgIpc) is 3.37. The molecular formula is C19H24N4O2S. The maximum atomic E-state index is 13.1. The maximum absolute atomic E-state index is 13.1. The van der Waals surface area contributed by atoms with Gasteiger partial charge in [-0.2, -0.15) is 4.68 Å². The van der Waals surface area contributed by atoms with Gasteiger partial charge in [0.25, 0.3) is 5.91 Å². The first-order chi connectivity index (χ1) is 12.7. The van der Waals surface area contributed by atoms with E-state index in [0.29, 0.717) is 6.61 Å². The topological polar surface area (TPSA) is 60.3 Å². The molecule has 1 aromatic heterocycles. The Morgan fingerprint density at radius 1 is 1.23 bits per heavy atom. The van der Waals surface area contributed by atoms with Gasteiger partial charge in [-0.15, -0.1) is 5.10 Å². The molecule has 1 fully saturated rings. The van der Waals surface area contributed by atoms with Crippen molar-refractivity contribution in [3.05, 3.63) is 35.7 Å². The lowest BCUT2D eigenvalue weighted by Crippen LogP contribution is -2.37. The Balaban J connectivity index is 1.63. The molecule has 2 atom stereocenters. The molecule has 0 N–H and O–H groups in total. The molecule has 4 rings (SSSR count). The van der Waals surface area contributed by atoms with Gasteiger partial charge >= 0.3 is 0 Å². The molecule has 0 amide bonds. The zero-order chi connectivity index (χ0) is 18.1. The molecule has 0 radical (unpaired) electrons. The molecule has 1 aromatic carbocycles. The number of aryl methyl sites for hydroxylation is 1. The van der Waals surface area contributed by atoms with Crippen LogP contribution in [0.4, 0.5) is 0 Å². The van der Waals surface area contributed by atoms with E-state index in [-0.39, 0.29) is 17.2 Å². The van der Waals surface area contributed by atoms with Crippen molar-refractivity contribution < 1.29 is 9.53 Å². The fourth-order valence-corrected chi connectivity index (χ4v) is 4.99. The lowest BCUT2D eigenvalue weighted by molar-refractivity contribution is 0.0847. The van der Waals surface area contributed by atoms with Crippen LogP contribution in [0.1, 0.15) is 48.9 Å². The number of carbonyl (C=O) groups is 1. The van der Waals surface area contributed by atoms with Crippen LogP contribution in [0.3, 0.4) is 0 Å². The molecule has 2 aliphatic rings. The molecule has 0 spiro atoms. The Morgan fingerprint density at radius 3 is 2.58 bits per heavy atom. The molecular weight excluding hydrogens is 348 g/mol. The summed E-state index contributed by atoms with van der Waals surface area (Å²) in [7, 11) is 0. The average molecular weight is 372 g/mol. The van der Waals surface area contributed by atoms with Crippen molar-refractivity contribution in [3.63, 3.8) is 0 Å². The fraction of sp³-hybridized carbons (Fsp3) is 0.526. The van der Waals surface area contributed by atoms with Crippen molar-refractivity contribution >= 4 is 17.7 Å². The molecule has 26 heavy (non-hydrogen) atoms. The van der Waals surface area contributed by atoms with Crippen molar-refractivity contribution in [2.75, 3.05) is 19.7 Å². The van der Waals surface area contributed by atoms with Crippen LogP contribution in [-0.2, 0) is 6.42 Å². The highest BCUT2D eigenvalue weighted by Crippen LogP contribution is 2.42. The molecule has 0 aliphatic carbocycles. The van der Waals surface area contributed by atoms with Crippen LogP contribution in [-0.4, -0.2) is 50.5 Å². The van der Waals surface area contributed by atoms with Crippen LogP contribution in [0.15, 0.2) is 29.4 Å². The smallest absolute Gasteiger partial charge is 0.264 e. The number of rotatable bonds is 6. The highest BCUT2D eigenvalue weighted by Gasteiger charge is 2.43. The Labute approximate surface area is 157 Å². The summed E-state index contributed by atoms with van der Waals surface area (Å²) in [6.45, 7) is 6.69. The number of hydrogen-bond donors (Lipinski definition) is 0. The van der Waals surface area contributed by atoms with Crippen LogP contribution in [0, 0.1) is 0 Å². The second kappa shape index (κ2) is 7.40. The van der Waals surface area contributed by atoms with Gasteiger partial charge in [0, 0.05) is 6.42 Å². The molecule has 6 nitrogen and oxygen atoms in total. The number of likely N-dealkylation sites (tertiary alicyclic amines) is 1. The minimum atomic E-state index is -0.202. The van der Waals surface area contributed by atoms with Crippen LogP contribution >= 0.6 is 11.8 Å². The van der Waals surface area contributed by atoms with Gasteiger partial charge in [0.15, 0.2) is 11.0 Å². The van der Waals surface area contributed by atoms with Crippen molar-refractivity contribution in [2.24, 2.45) is 0 Å². The van der Waals surface area contributed by atoms with Gasteiger partial charge < -0.3 is 4.74 Å². The zero-order valence-electron chi connectivity index (χ0n) is 15.2. The van der Waals surface area contributed by atoms with E-state index >= 15 is 0 Å². The number of benzene rings is 1. The first kappa shape index (κ1) is 17.5. The first-order valence-corrected chi connectivity index (χ1v) is 10.2. The van der Waals surface area contributed by atoms with Crippen molar-refractivity contribution in [1.29, 1.82) is 0 Å². The van der Waals surface area contributed by atoms with E-state index in [2.05, 4.69) is 27.1 Å². The van der Waals surface area contributed by atoms with Crippen LogP contribution < -0.4 is 4.74 Å². The van der Waals surface area contributed by atoms with Crippen LogP contribution in [0.2, 0.25) is 0 Å². The summed E-state index contributed by atoms with van der Waals surface area (Å²) in [4.78, 5) is 20.0. The number of aromatic nitrogens is 3. The number of carbonyl (C=O) groups excluding carboxylic acids is 1. The highest BCUT2D eigenvalue weighted by molar-refractivity contribution is 8.00. The third-order valence-corrected chi connectivity index (χ3v) is 6.16. The summed E-state index contributed by atoms with van der Waals surface area (Å²) >= 11 is 1.55. The lowest BCUT2D eigenvalue weighted by Gasteiger charge is -2.31. The lowest BCUT2D eigenvalue weighted by atomic mass is 10.0. The molecule has 3 heterocycles. The molecule has 2 aromatic rings. The number of nitrogens with zero attached hydrogens (tertiary/aromatic N) is 4. The second-order valence-electron chi connectivity index (χ2n) is 6.64. The molecule has 0 saturated carbocycles. The van der Waals surface area contributed by atoms with Crippen molar-refractivity contribution in [2.45, 2.75) is 49.6 Å². The van der Waals surface area contributed by atoms with Gasteiger partial charge in [0.1, 0.15) is 11.0 Å². The zero-order valence-corrected chi connectivity index (χ0v) is 16.0. The minimum Gasteiger partial charge on any atom is -0.494 e. The molecule has 7 heteroatoms. The molecule has 1 saturated heterocycles. The van der Waals surface area contributed by atoms with Gasteiger partial charge in [-0.3, -0.25) is 9.69 Å². The summed E-state index contributed by atoms with van der Waals surface area (Å²) in [5.41, 5.74) is 1.16. The van der Waals surface area contributed by atoms with Gasteiger partial charge in [-0.05, 0) is 50.6 Å². The van der Waals surface area contributed by atoms with Gasteiger partial charge in [0.2, 0.25) is 0 Å². The van der Waals surface area contributed by atoms with E-state index in [1.54, 1.807) is 11.8 Å². The van der Waals surface area contributed by atoms with E-state index in [1.807, 2.05) is 26.0 Å². The Hall–Kier alpha value is -1.86. The summed E-state index contributed by atoms with van der Waals surface area (Å²) < 4.78 is 7.07. The van der Waals surface area contributed by atoms with E-state index < -0.39 is 0 Å². The Bertz CT molecular complexity index is 783. The summed E-state index contributed by atoms with van der Waals surface area (Å²) in [5, 5.41) is 4.91. The third kappa shape index (κ3) is 3.14. The highest BCUT2D eigenvalue weighted by atomic mass is 32.2. The van der Waals surface area contributed by atoms with Gasteiger partial charge in [0.05, 0.1) is 12.6 Å². The predicted molar refractivity (Wildman–Crippen MR) is 101 cm³/mol. The van der Waals surface area contributed by atoms with Crippen LogP contribution in [0.25, 0.3) is 0 Å². The van der Waals surface area contributed by atoms with E-state index in [4.69, 9.17) is 4.74 Å². The number of thioether (sulfide) groups is 1. The largest absolute Gasteiger partial charge is 0.494 e. The normalized spacial score (nSPS) is 21.2. The van der Waals surface area contributed by atoms with Crippen molar-refractivity contribution in [1.82, 2.24) is 19.7 Å². The molecule has 2 aliphatic heterocycles. The van der Waals surface area contributed by atoms with Crippen molar-refractivity contribution in [3.8, 4) is 5.75 Å². The number of hydrogen-bond acceptors (Lipinski definition) is 6. The maximum Gasteiger partial charge on any atom is 0.264 e. The van der Waals surface area contributed by atoms with Crippen LogP contribution in [0.5, 0.6) is 5.75 Å². The van der Waals surface area contributed by atoms with Gasteiger partial charge in [-0.25, -0.2) is 4.98 Å². The van der Waals surface area contributed by atoms with E-state index in [0.717, 1.165) is 41.8 Å². The van der Waals surface area contributed by atoms with Gasteiger partial charge in [-0.1, -0.05) is 30.8 Å².